The molecule has 1 N–H and O–H groups in total. The summed E-state index contributed by atoms with van der Waals surface area (Å²) in [5, 5.41) is 3.05. The first-order valence-corrected chi connectivity index (χ1v) is 14.9. The summed E-state index contributed by atoms with van der Waals surface area (Å²) in [7, 11) is 1.54. The molecular weight excluding hydrogens is 605 g/mol. The minimum atomic E-state index is -0.802. The molecule has 1 aromatic heterocycles. The Labute approximate surface area is 252 Å². The van der Waals surface area contributed by atoms with E-state index >= 15 is 0 Å². The second-order valence-corrected chi connectivity index (χ2v) is 12.4. The van der Waals surface area contributed by atoms with Gasteiger partial charge < -0.3 is 10.1 Å². The molecule has 3 amide bonds. The monoisotopic (exact) mass is 625 g/mol. The number of hydrogen-bond acceptors (Lipinski definition) is 7. The van der Waals surface area contributed by atoms with Gasteiger partial charge in [0.15, 0.2) is 0 Å². The first kappa shape index (κ1) is 27.6. The van der Waals surface area contributed by atoms with Crippen molar-refractivity contribution in [2.75, 3.05) is 17.3 Å². The summed E-state index contributed by atoms with van der Waals surface area (Å²) < 4.78 is 7.00. The molecule has 41 heavy (non-hydrogen) atoms. The van der Waals surface area contributed by atoms with Crippen LogP contribution in [0.5, 0.6) is 5.75 Å². The van der Waals surface area contributed by atoms with Gasteiger partial charge in [-0.05, 0) is 36.4 Å². The number of ether oxygens (including phenoxy) is 1. The van der Waals surface area contributed by atoms with Crippen molar-refractivity contribution in [1.82, 2.24) is 4.57 Å². The third-order valence-corrected chi connectivity index (χ3v) is 10.4. The number of fused-ring (bicyclic) bond motifs is 2. The minimum absolute atomic E-state index is 0.281. The smallest absolute Gasteiger partial charge is 0.308 e. The number of nitrogens with one attached hydrogen (secondary N) is 1. The van der Waals surface area contributed by atoms with Crippen LogP contribution in [0.25, 0.3) is 0 Å². The summed E-state index contributed by atoms with van der Waals surface area (Å²) in [4.78, 5) is 55.6. The van der Waals surface area contributed by atoms with Gasteiger partial charge in [0.25, 0.3) is 0 Å². The summed E-state index contributed by atoms with van der Waals surface area (Å²) in [5.74, 6) is -2.03. The molecule has 4 aromatic rings. The lowest BCUT2D eigenvalue weighted by Crippen LogP contribution is -2.33. The van der Waals surface area contributed by atoms with Gasteiger partial charge in [-0.2, -0.15) is 0 Å². The molecule has 0 bridgehead atoms. The second kappa shape index (κ2) is 11.0. The zero-order valence-electron chi connectivity index (χ0n) is 21.4. The van der Waals surface area contributed by atoms with Gasteiger partial charge in [-0.25, -0.2) is 4.90 Å². The molecule has 0 aliphatic carbocycles. The number of imide groups is 1. The number of methoxy groups -OCH3 is 1. The van der Waals surface area contributed by atoms with Crippen molar-refractivity contribution >= 4 is 75.4 Å². The Kier molecular flexibility index (Phi) is 7.41. The van der Waals surface area contributed by atoms with E-state index in [1.807, 2.05) is 24.3 Å². The molecule has 12 heteroatoms. The number of aromatic nitrogens is 1. The van der Waals surface area contributed by atoms with Gasteiger partial charge in [0.2, 0.25) is 17.7 Å². The van der Waals surface area contributed by atoms with E-state index in [2.05, 4.69) is 5.32 Å². The van der Waals surface area contributed by atoms with Crippen molar-refractivity contribution < 1.29 is 19.1 Å². The highest BCUT2D eigenvalue weighted by Gasteiger charge is 2.57. The van der Waals surface area contributed by atoms with Crippen LogP contribution in [0, 0.1) is 5.92 Å². The van der Waals surface area contributed by atoms with E-state index in [0.717, 1.165) is 23.1 Å². The number of halogens is 2. The van der Waals surface area contributed by atoms with Crippen LogP contribution in [0.2, 0.25) is 10.0 Å². The first-order valence-electron chi connectivity index (χ1n) is 12.5. The molecule has 1 saturated heterocycles. The van der Waals surface area contributed by atoms with Gasteiger partial charge in [-0.1, -0.05) is 82.7 Å². The molecule has 208 valence electrons. The number of rotatable bonds is 6. The molecule has 8 nitrogen and oxygen atoms in total. The normalized spacial score (nSPS) is 19.6. The Balaban J connectivity index is 1.42. The molecule has 3 aromatic carbocycles. The number of para-hydroxylation sites is 2. The number of benzene rings is 3. The van der Waals surface area contributed by atoms with Crippen LogP contribution in [0.1, 0.15) is 16.4 Å². The van der Waals surface area contributed by atoms with Crippen molar-refractivity contribution in [2.45, 2.75) is 22.7 Å². The molecule has 6 rings (SSSR count). The maximum Gasteiger partial charge on any atom is 0.308 e. The molecule has 2 aliphatic rings. The van der Waals surface area contributed by atoms with Gasteiger partial charge in [0, 0.05) is 22.0 Å². The van der Waals surface area contributed by atoms with Gasteiger partial charge in [-0.3, -0.25) is 23.7 Å². The lowest BCUT2D eigenvalue weighted by molar-refractivity contribution is -0.122. The summed E-state index contributed by atoms with van der Waals surface area (Å²) >= 11 is 14.2. The predicted octanol–water partition coefficient (Wildman–Crippen LogP) is 5.66. The van der Waals surface area contributed by atoms with Gasteiger partial charge in [0.1, 0.15) is 17.5 Å². The zero-order chi connectivity index (χ0) is 28.8. The zero-order valence-corrected chi connectivity index (χ0v) is 24.5. The van der Waals surface area contributed by atoms with Gasteiger partial charge in [-0.15, -0.1) is 0 Å². The van der Waals surface area contributed by atoms with E-state index in [0.29, 0.717) is 37.6 Å². The van der Waals surface area contributed by atoms with E-state index in [9.17, 15) is 19.2 Å². The van der Waals surface area contributed by atoms with Crippen molar-refractivity contribution in [3.63, 3.8) is 0 Å². The molecule has 0 saturated carbocycles. The molecule has 0 spiro atoms. The Morgan fingerprint density at radius 3 is 2.41 bits per heavy atom. The summed E-state index contributed by atoms with van der Waals surface area (Å²) in [6.07, 6.45) is 0. The Hall–Kier alpha value is -3.57. The first-order chi connectivity index (χ1) is 19.8. The van der Waals surface area contributed by atoms with Crippen molar-refractivity contribution in [2.24, 2.45) is 5.92 Å². The van der Waals surface area contributed by atoms with Gasteiger partial charge in [0.05, 0.1) is 33.8 Å². The highest BCUT2D eigenvalue weighted by Crippen LogP contribution is 2.55. The van der Waals surface area contributed by atoms with Crippen molar-refractivity contribution in [3.8, 4) is 5.75 Å². The topological polar surface area (TPSA) is 97.7 Å². The summed E-state index contributed by atoms with van der Waals surface area (Å²) in [5.41, 5.74) is 1.60. The average molecular weight is 627 g/mol. The van der Waals surface area contributed by atoms with Crippen LogP contribution in [0.4, 0.5) is 11.4 Å². The molecule has 3 heterocycles. The number of nitrogens with zero attached hydrogens (tertiary/aromatic N) is 2. The number of thioether (sulfide) groups is 1. The molecule has 3 atom stereocenters. The fraction of sp³-hybridized carbons (Fsp3) is 0.172. The molecule has 0 radical (unpaired) electrons. The van der Waals surface area contributed by atoms with E-state index in [-0.39, 0.29) is 28.3 Å². The van der Waals surface area contributed by atoms with Crippen LogP contribution in [-0.4, -0.2) is 34.6 Å². The fourth-order valence-electron chi connectivity index (χ4n) is 5.26. The molecular formula is C29H21Cl2N3O5S2. The van der Waals surface area contributed by atoms with Crippen molar-refractivity contribution in [3.05, 3.63) is 103 Å². The Morgan fingerprint density at radius 2 is 1.68 bits per heavy atom. The lowest BCUT2D eigenvalue weighted by Gasteiger charge is -2.31. The highest BCUT2D eigenvalue weighted by molar-refractivity contribution is 8.00. The lowest BCUT2D eigenvalue weighted by atomic mass is 9.82. The van der Waals surface area contributed by atoms with Crippen LogP contribution >= 0.6 is 46.3 Å². The van der Waals surface area contributed by atoms with E-state index in [4.69, 9.17) is 27.9 Å². The van der Waals surface area contributed by atoms with Crippen LogP contribution in [0.3, 0.4) is 0 Å². The number of carbonyl (C=O) groups excluding carboxylic acids is 3. The van der Waals surface area contributed by atoms with E-state index in [1.54, 1.807) is 42.5 Å². The average Bonchev–Trinajstić information content (AvgIpc) is 3.41. The number of hydrogen-bond donors (Lipinski definition) is 1. The van der Waals surface area contributed by atoms with Crippen LogP contribution < -0.4 is 19.8 Å². The van der Waals surface area contributed by atoms with Crippen LogP contribution in [-0.2, 0) is 20.9 Å². The second-order valence-electron chi connectivity index (χ2n) is 9.43. The maximum atomic E-state index is 14.0. The largest absolute Gasteiger partial charge is 0.496 e. The molecule has 3 unspecified atom stereocenters. The quantitative estimate of drug-likeness (QED) is 0.278. The standard InChI is InChI=1S/C29H21Cl2N3O5S2/c1-39-20-10-6-5-9-17(20)22-23-24(27(37)34(26(23)36)16-7-3-2-4-8-16)40-28-25(22)41-29(38)33(28)14-21(35)32-15-11-12-18(30)19(31)13-15/h2-13,22-24H,14H2,1H3,(H,32,35). The predicted molar refractivity (Wildman–Crippen MR) is 161 cm³/mol. The van der Waals surface area contributed by atoms with E-state index < -0.39 is 23.0 Å². The number of thiazole rings is 1. The molecule has 2 aliphatic heterocycles. The minimum Gasteiger partial charge on any atom is -0.496 e. The third-order valence-electron chi connectivity index (χ3n) is 7.04. The highest BCUT2D eigenvalue weighted by atomic mass is 35.5. The van der Waals surface area contributed by atoms with E-state index in [1.165, 1.54) is 22.6 Å². The van der Waals surface area contributed by atoms with Crippen molar-refractivity contribution in [1.29, 1.82) is 0 Å². The van der Waals surface area contributed by atoms with Gasteiger partial charge >= 0.3 is 4.87 Å². The maximum absolute atomic E-state index is 14.0. The molecule has 1 fully saturated rings. The number of amides is 3. The van der Waals surface area contributed by atoms with Crippen LogP contribution in [0.15, 0.2) is 82.6 Å². The Morgan fingerprint density at radius 1 is 0.951 bits per heavy atom. The summed E-state index contributed by atoms with van der Waals surface area (Å²) in [6.45, 7) is -0.293. The fourth-order valence-corrected chi connectivity index (χ4v) is 8.33. The Bertz CT molecular complexity index is 1760. The summed E-state index contributed by atoms with van der Waals surface area (Å²) in [6, 6.07) is 20.7. The third kappa shape index (κ3) is 4.84. The number of carbonyl (C=O) groups is 3. The number of anilines is 2. The SMILES string of the molecule is COc1ccccc1C1c2sc(=O)n(CC(=O)Nc3ccc(Cl)c(Cl)c3)c2SC2C(=O)N(c3ccccc3)C(=O)C21.